The molecule has 1 N–H and O–H groups in total. The summed E-state index contributed by atoms with van der Waals surface area (Å²) in [5, 5.41) is 7.34. The molecule has 2 aromatic rings. The zero-order valence-corrected chi connectivity index (χ0v) is 14.7. The van der Waals surface area contributed by atoms with E-state index in [0.717, 1.165) is 31.7 Å². The van der Waals surface area contributed by atoms with Gasteiger partial charge < -0.3 is 9.84 Å². The molecule has 1 saturated heterocycles. The minimum Gasteiger partial charge on any atom is -0.337 e. The van der Waals surface area contributed by atoms with Crippen LogP contribution < -0.4 is 5.32 Å². The van der Waals surface area contributed by atoms with Crippen molar-refractivity contribution in [1.29, 1.82) is 0 Å². The molecule has 8 heteroatoms. The molecule has 0 bridgehead atoms. The van der Waals surface area contributed by atoms with Gasteiger partial charge >= 0.3 is 0 Å². The Morgan fingerprint density at radius 3 is 2.61 bits per heavy atom. The lowest BCUT2D eigenvalue weighted by Gasteiger charge is -2.30. The van der Waals surface area contributed by atoms with Gasteiger partial charge in [-0.3, -0.25) is 4.90 Å². The summed E-state index contributed by atoms with van der Waals surface area (Å²) in [4.78, 5) is 6.77. The molecule has 0 spiro atoms. The predicted octanol–water partition coefficient (Wildman–Crippen LogP) is 2.99. The number of aromatic nitrogens is 2. The molecule has 1 aliphatic rings. The van der Waals surface area contributed by atoms with E-state index in [-0.39, 0.29) is 36.7 Å². The van der Waals surface area contributed by atoms with Gasteiger partial charge in [-0.1, -0.05) is 5.16 Å². The van der Waals surface area contributed by atoms with Crippen LogP contribution in [-0.2, 0) is 0 Å². The van der Waals surface area contributed by atoms with E-state index in [9.17, 15) is 4.39 Å². The molecule has 1 aliphatic heterocycles. The molecular weight excluding hydrogens is 342 g/mol. The first kappa shape index (κ1) is 19.8. The fraction of sp³-hybridized carbons (Fsp3) is 0.467. The molecule has 1 aromatic heterocycles. The highest BCUT2D eigenvalue weighted by molar-refractivity contribution is 5.85. The van der Waals surface area contributed by atoms with Crippen molar-refractivity contribution in [1.82, 2.24) is 20.4 Å². The van der Waals surface area contributed by atoms with E-state index in [2.05, 4.69) is 27.3 Å². The first-order valence-electron chi connectivity index (χ1n) is 7.20. The monoisotopic (exact) mass is 362 g/mol. The average molecular weight is 363 g/mol. The van der Waals surface area contributed by atoms with Gasteiger partial charge in [0.05, 0.1) is 6.04 Å². The van der Waals surface area contributed by atoms with Crippen molar-refractivity contribution >= 4 is 24.8 Å². The van der Waals surface area contributed by atoms with Crippen LogP contribution in [0.2, 0.25) is 0 Å². The number of benzene rings is 1. The summed E-state index contributed by atoms with van der Waals surface area (Å²) >= 11 is 0. The molecule has 1 atom stereocenters. The number of rotatable bonds is 3. The molecule has 1 fully saturated rings. The molecule has 128 valence electrons. The smallest absolute Gasteiger partial charge is 0.244 e. The number of hydrogen-bond donors (Lipinski definition) is 1. The number of halogens is 3. The summed E-state index contributed by atoms with van der Waals surface area (Å²) in [6.07, 6.45) is 0. The minimum absolute atomic E-state index is 0. The molecule has 0 radical (unpaired) electrons. The van der Waals surface area contributed by atoms with Gasteiger partial charge in [-0.05, 0) is 37.6 Å². The second kappa shape index (κ2) is 8.59. The third kappa shape index (κ3) is 4.41. The quantitative estimate of drug-likeness (QED) is 0.909. The van der Waals surface area contributed by atoms with Gasteiger partial charge in [0, 0.05) is 31.7 Å². The Morgan fingerprint density at radius 1 is 1.26 bits per heavy atom. The number of nitrogens with one attached hydrogen (secondary N) is 1. The van der Waals surface area contributed by atoms with Crippen molar-refractivity contribution < 1.29 is 8.91 Å². The van der Waals surface area contributed by atoms with E-state index in [4.69, 9.17) is 4.52 Å². The fourth-order valence-electron chi connectivity index (χ4n) is 2.53. The van der Waals surface area contributed by atoms with Crippen molar-refractivity contribution in [2.75, 3.05) is 26.2 Å². The van der Waals surface area contributed by atoms with Gasteiger partial charge in [0.25, 0.3) is 0 Å². The summed E-state index contributed by atoms with van der Waals surface area (Å²) in [6, 6.07) is 4.93. The van der Waals surface area contributed by atoms with Gasteiger partial charge in [0.1, 0.15) is 5.82 Å². The summed E-state index contributed by atoms with van der Waals surface area (Å²) in [6.45, 7) is 7.68. The van der Waals surface area contributed by atoms with Crippen LogP contribution in [-0.4, -0.2) is 41.2 Å². The van der Waals surface area contributed by atoms with Crippen molar-refractivity contribution in [2.45, 2.75) is 19.9 Å². The Morgan fingerprint density at radius 2 is 1.96 bits per heavy atom. The van der Waals surface area contributed by atoms with E-state index in [0.29, 0.717) is 17.3 Å². The normalized spacial score (nSPS) is 16.3. The van der Waals surface area contributed by atoms with E-state index in [1.807, 2.05) is 0 Å². The van der Waals surface area contributed by atoms with E-state index >= 15 is 0 Å². The zero-order chi connectivity index (χ0) is 14.8. The van der Waals surface area contributed by atoms with Crippen LogP contribution in [0.15, 0.2) is 22.7 Å². The molecule has 5 nitrogen and oxygen atoms in total. The fourth-order valence-corrected chi connectivity index (χ4v) is 2.53. The van der Waals surface area contributed by atoms with Crippen molar-refractivity contribution in [3.63, 3.8) is 0 Å². The Hall–Kier alpha value is -1.21. The van der Waals surface area contributed by atoms with E-state index < -0.39 is 0 Å². The van der Waals surface area contributed by atoms with Crippen LogP contribution in [0.25, 0.3) is 11.4 Å². The van der Waals surface area contributed by atoms with Gasteiger partial charge in [-0.25, -0.2) is 4.39 Å². The lowest BCUT2D eigenvalue weighted by Crippen LogP contribution is -2.44. The third-order valence-corrected chi connectivity index (χ3v) is 3.91. The van der Waals surface area contributed by atoms with Crippen molar-refractivity contribution in [2.24, 2.45) is 0 Å². The lowest BCUT2D eigenvalue weighted by atomic mass is 10.1. The SMILES string of the molecule is Cc1cc(-c2noc(C(C)N3CCNCC3)n2)ccc1F.Cl.Cl. The Kier molecular flexibility index (Phi) is 7.41. The maximum absolute atomic E-state index is 13.3. The largest absolute Gasteiger partial charge is 0.337 e. The first-order chi connectivity index (χ1) is 10.1. The van der Waals surface area contributed by atoms with Crippen LogP contribution in [0.1, 0.15) is 24.4 Å². The highest BCUT2D eigenvalue weighted by atomic mass is 35.5. The third-order valence-electron chi connectivity index (χ3n) is 3.91. The van der Waals surface area contributed by atoms with Gasteiger partial charge in [-0.2, -0.15) is 4.98 Å². The predicted molar refractivity (Wildman–Crippen MR) is 91.8 cm³/mol. The van der Waals surface area contributed by atoms with Crippen molar-refractivity contribution in [3.8, 4) is 11.4 Å². The summed E-state index contributed by atoms with van der Waals surface area (Å²) in [7, 11) is 0. The van der Waals surface area contributed by atoms with Gasteiger partial charge in [0.2, 0.25) is 11.7 Å². The first-order valence-corrected chi connectivity index (χ1v) is 7.20. The lowest BCUT2D eigenvalue weighted by molar-refractivity contribution is 0.154. The molecular formula is C15H21Cl2FN4O. The molecule has 1 aromatic carbocycles. The number of aryl methyl sites for hydroxylation is 1. The number of hydrogen-bond acceptors (Lipinski definition) is 5. The zero-order valence-electron chi connectivity index (χ0n) is 13.1. The van der Waals surface area contributed by atoms with Crippen molar-refractivity contribution in [3.05, 3.63) is 35.5 Å². The van der Waals surface area contributed by atoms with E-state index in [1.54, 1.807) is 19.1 Å². The highest BCUT2D eigenvalue weighted by Crippen LogP contribution is 2.23. The van der Waals surface area contributed by atoms with Crippen LogP contribution in [0.3, 0.4) is 0 Å². The summed E-state index contributed by atoms with van der Waals surface area (Å²) in [5.41, 5.74) is 1.35. The van der Waals surface area contributed by atoms with Gasteiger partial charge in [-0.15, -0.1) is 24.8 Å². The maximum Gasteiger partial charge on any atom is 0.244 e. The maximum atomic E-state index is 13.3. The summed E-state index contributed by atoms with van der Waals surface area (Å²) < 4.78 is 18.7. The molecule has 1 unspecified atom stereocenters. The molecule has 3 rings (SSSR count). The average Bonchev–Trinajstić information content (AvgIpc) is 3.00. The highest BCUT2D eigenvalue weighted by Gasteiger charge is 2.23. The molecule has 0 aliphatic carbocycles. The van der Waals surface area contributed by atoms with E-state index in [1.165, 1.54) is 6.07 Å². The van der Waals surface area contributed by atoms with Crippen LogP contribution in [0.4, 0.5) is 4.39 Å². The van der Waals surface area contributed by atoms with Crippen LogP contribution in [0.5, 0.6) is 0 Å². The Balaban J connectivity index is 0.00000132. The molecule has 23 heavy (non-hydrogen) atoms. The molecule has 0 amide bonds. The molecule has 0 saturated carbocycles. The topological polar surface area (TPSA) is 54.2 Å². The van der Waals surface area contributed by atoms with Gasteiger partial charge in [0.15, 0.2) is 0 Å². The summed E-state index contributed by atoms with van der Waals surface area (Å²) in [5.74, 6) is 0.889. The standard InChI is InChI=1S/C15H19FN4O.2ClH/c1-10-9-12(3-4-13(10)16)14-18-15(21-19-14)11(2)20-7-5-17-6-8-20;;/h3-4,9,11,17H,5-8H2,1-2H3;2*1H. The van der Waals surface area contributed by atoms with Crippen LogP contribution >= 0.6 is 24.8 Å². The second-order valence-corrected chi connectivity index (χ2v) is 5.38. The number of nitrogens with zero attached hydrogens (tertiary/aromatic N) is 3. The van der Waals surface area contributed by atoms with Crippen LogP contribution in [0, 0.1) is 12.7 Å². The Bertz CT molecular complexity index is 632. The Labute approximate surface area is 147 Å². The number of piperazine rings is 1. The second-order valence-electron chi connectivity index (χ2n) is 5.38. The molecule has 2 heterocycles. The minimum atomic E-state index is -0.225.